The summed E-state index contributed by atoms with van der Waals surface area (Å²) in [5.74, 6) is 0.129. The van der Waals surface area contributed by atoms with Crippen LogP contribution in [-0.4, -0.2) is 12.5 Å². The van der Waals surface area contributed by atoms with E-state index in [1.165, 1.54) is 0 Å². The van der Waals surface area contributed by atoms with Gasteiger partial charge in [0.25, 0.3) is 5.91 Å². The van der Waals surface area contributed by atoms with Gasteiger partial charge in [-0.05, 0) is 54.5 Å². The fraction of sp³-hybridized carbons (Fsp3) is 0.130. The van der Waals surface area contributed by atoms with Crippen molar-refractivity contribution in [1.82, 2.24) is 0 Å². The Morgan fingerprint density at radius 2 is 1.96 bits per heavy atom. The molecule has 0 spiro atoms. The van der Waals surface area contributed by atoms with Gasteiger partial charge in [0.2, 0.25) is 0 Å². The van der Waals surface area contributed by atoms with Gasteiger partial charge in [0.15, 0.2) is 0 Å². The SMILES string of the molecule is CCOc1ccc2ccccc2c1/C=C(\C#N)C(=O)Nc1cccc(Cl)c1C. The van der Waals surface area contributed by atoms with Crippen molar-refractivity contribution >= 4 is 40.0 Å². The van der Waals surface area contributed by atoms with Crippen LogP contribution in [-0.2, 0) is 4.79 Å². The summed E-state index contributed by atoms with van der Waals surface area (Å²) in [4.78, 5) is 12.7. The van der Waals surface area contributed by atoms with Crippen molar-refractivity contribution in [3.63, 3.8) is 0 Å². The normalized spacial score (nSPS) is 11.1. The highest BCUT2D eigenvalue weighted by molar-refractivity contribution is 6.31. The predicted octanol–water partition coefficient (Wildman–Crippen LogP) is 5.75. The van der Waals surface area contributed by atoms with Gasteiger partial charge < -0.3 is 10.1 Å². The van der Waals surface area contributed by atoms with Crippen molar-refractivity contribution in [2.45, 2.75) is 13.8 Å². The second kappa shape index (κ2) is 8.60. The van der Waals surface area contributed by atoms with Gasteiger partial charge in [-0.3, -0.25) is 4.79 Å². The van der Waals surface area contributed by atoms with Crippen LogP contribution in [0.2, 0.25) is 5.02 Å². The number of hydrogen-bond acceptors (Lipinski definition) is 3. The Balaban J connectivity index is 2.05. The van der Waals surface area contributed by atoms with E-state index in [2.05, 4.69) is 5.32 Å². The topological polar surface area (TPSA) is 62.1 Å². The average Bonchev–Trinajstić information content (AvgIpc) is 2.70. The van der Waals surface area contributed by atoms with Crippen LogP contribution in [0.4, 0.5) is 5.69 Å². The number of carbonyl (C=O) groups excluding carboxylic acids is 1. The fourth-order valence-electron chi connectivity index (χ4n) is 2.93. The summed E-state index contributed by atoms with van der Waals surface area (Å²) >= 11 is 6.11. The first kappa shape index (κ1) is 19.5. The van der Waals surface area contributed by atoms with Crippen LogP contribution in [0.5, 0.6) is 5.75 Å². The molecule has 0 fully saturated rings. The Kier molecular flexibility index (Phi) is 5.98. The molecule has 0 saturated carbocycles. The Morgan fingerprint density at radius 1 is 1.18 bits per heavy atom. The highest BCUT2D eigenvalue weighted by atomic mass is 35.5. The van der Waals surface area contributed by atoms with Gasteiger partial charge >= 0.3 is 0 Å². The van der Waals surface area contributed by atoms with Crippen molar-refractivity contribution in [2.24, 2.45) is 0 Å². The van der Waals surface area contributed by atoms with Crippen molar-refractivity contribution in [1.29, 1.82) is 5.26 Å². The predicted molar refractivity (Wildman–Crippen MR) is 114 cm³/mol. The van der Waals surface area contributed by atoms with Crippen LogP contribution >= 0.6 is 11.6 Å². The first-order valence-corrected chi connectivity index (χ1v) is 9.25. The number of nitrogens with zero attached hydrogens (tertiary/aromatic N) is 1. The number of rotatable bonds is 5. The maximum Gasteiger partial charge on any atom is 0.266 e. The third-order valence-electron chi connectivity index (χ3n) is 4.40. The van der Waals surface area contributed by atoms with E-state index in [1.807, 2.05) is 56.3 Å². The lowest BCUT2D eigenvalue weighted by Crippen LogP contribution is -2.14. The smallest absolute Gasteiger partial charge is 0.266 e. The number of ether oxygens (including phenoxy) is 1. The fourth-order valence-corrected chi connectivity index (χ4v) is 3.11. The number of benzene rings is 3. The molecule has 0 aliphatic carbocycles. The molecule has 3 aromatic carbocycles. The summed E-state index contributed by atoms with van der Waals surface area (Å²) in [5, 5.41) is 14.8. The minimum absolute atomic E-state index is 0.0170. The molecule has 140 valence electrons. The number of hydrogen-bond donors (Lipinski definition) is 1. The van der Waals surface area contributed by atoms with E-state index in [4.69, 9.17) is 16.3 Å². The van der Waals surface area contributed by atoms with E-state index in [-0.39, 0.29) is 5.57 Å². The lowest BCUT2D eigenvalue weighted by atomic mass is 10.0. The molecule has 4 nitrogen and oxygen atoms in total. The van der Waals surface area contributed by atoms with Crippen LogP contribution in [0.15, 0.2) is 60.2 Å². The van der Waals surface area contributed by atoms with Crippen LogP contribution in [0.3, 0.4) is 0 Å². The van der Waals surface area contributed by atoms with Crippen molar-refractivity contribution in [2.75, 3.05) is 11.9 Å². The summed E-state index contributed by atoms with van der Waals surface area (Å²) in [6.07, 6.45) is 1.57. The van der Waals surface area contributed by atoms with E-state index < -0.39 is 5.91 Å². The number of anilines is 1. The monoisotopic (exact) mass is 390 g/mol. The lowest BCUT2D eigenvalue weighted by molar-refractivity contribution is -0.112. The lowest BCUT2D eigenvalue weighted by Gasteiger charge is -2.12. The molecule has 0 atom stereocenters. The van der Waals surface area contributed by atoms with Crippen LogP contribution in [0, 0.1) is 18.3 Å². The van der Waals surface area contributed by atoms with Crippen molar-refractivity contribution in [3.8, 4) is 11.8 Å². The van der Waals surface area contributed by atoms with Gasteiger partial charge in [-0.25, -0.2) is 0 Å². The number of amides is 1. The van der Waals surface area contributed by atoms with Crippen LogP contribution in [0.1, 0.15) is 18.1 Å². The number of nitriles is 1. The van der Waals surface area contributed by atoms with Gasteiger partial charge in [0.1, 0.15) is 17.4 Å². The molecule has 0 saturated heterocycles. The second-order valence-electron chi connectivity index (χ2n) is 6.17. The summed E-state index contributed by atoms with van der Waals surface area (Å²) in [6.45, 7) is 4.18. The number of carbonyl (C=O) groups is 1. The third kappa shape index (κ3) is 4.00. The van der Waals surface area contributed by atoms with Gasteiger partial charge in [-0.2, -0.15) is 5.26 Å². The van der Waals surface area contributed by atoms with E-state index in [0.717, 1.165) is 16.3 Å². The zero-order chi connectivity index (χ0) is 20.1. The van der Waals surface area contributed by atoms with Gasteiger partial charge in [-0.15, -0.1) is 0 Å². The Morgan fingerprint density at radius 3 is 2.71 bits per heavy atom. The Labute approximate surface area is 169 Å². The van der Waals surface area contributed by atoms with Gasteiger partial charge in [0, 0.05) is 16.3 Å². The van der Waals surface area contributed by atoms with Gasteiger partial charge in [0.05, 0.1) is 6.61 Å². The second-order valence-corrected chi connectivity index (χ2v) is 6.58. The zero-order valence-corrected chi connectivity index (χ0v) is 16.4. The number of halogens is 1. The molecule has 3 rings (SSSR count). The number of nitrogens with one attached hydrogen (secondary N) is 1. The molecular weight excluding hydrogens is 372 g/mol. The molecule has 0 aliphatic heterocycles. The Bertz CT molecular complexity index is 1110. The molecule has 3 aromatic rings. The minimum Gasteiger partial charge on any atom is -0.493 e. The first-order chi connectivity index (χ1) is 13.5. The van der Waals surface area contributed by atoms with Crippen molar-refractivity contribution in [3.05, 3.63) is 76.3 Å². The molecule has 0 aliphatic rings. The molecule has 0 heterocycles. The third-order valence-corrected chi connectivity index (χ3v) is 4.81. The maximum absolute atomic E-state index is 12.7. The maximum atomic E-state index is 12.7. The summed E-state index contributed by atoms with van der Waals surface area (Å²) in [7, 11) is 0. The molecule has 1 N–H and O–H groups in total. The molecule has 28 heavy (non-hydrogen) atoms. The Hall–Kier alpha value is -3.29. The zero-order valence-electron chi connectivity index (χ0n) is 15.6. The van der Waals surface area contributed by atoms with Crippen LogP contribution < -0.4 is 10.1 Å². The van der Waals surface area contributed by atoms with E-state index >= 15 is 0 Å². The van der Waals surface area contributed by atoms with Gasteiger partial charge in [-0.1, -0.05) is 48.0 Å². The molecule has 1 amide bonds. The molecule has 0 aromatic heterocycles. The number of fused-ring (bicyclic) bond motifs is 1. The van der Waals surface area contributed by atoms with E-state index in [1.54, 1.807) is 24.3 Å². The highest BCUT2D eigenvalue weighted by Gasteiger charge is 2.15. The molecule has 5 heteroatoms. The molecule has 0 unspecified atom stereocenters. The van der Waals surface area contributed by atoms with Crippen LogP contribution in [0.25, 0.3) is 16.8 Å². The minimum atomic E-state index is -0.497. The summed E-state index contributed by atoms with van der Waals surface area (Å²) in [5.41, 5.74) is 2.00. The summed E-state index contributed by atoms with van der Waals surface area (Å²) < 4.78 is 5.72. The van der Waals surface area contributed by atoms with E-state index in [0.29, 0.717) is 28.6 Å². The summed E-state index contributed by atoms with van der Waals surface area (Å²) in [6, 6.07) is 18.8. The molecular formula is C23H19ClN2O2. The average molecular weight is 391 g/mol. The quantitative estimate of drug-likeness (QED) is 0.446. The van der Waals surface area contributed by atoms with Crippen molar-refractivity contribution < 1.29 is 9.53 Å². The standard InChI is InChI=1S/C23H19ClN2O2/c1-3-28-22-12-11-16-7-4-5-8-18(16)19(22)13-17(14-25)23(27)26-21-10-6-9-20(24)15(21)2/h4-13H,3H2,1-2H3,(H,26,27)/b17-13+. The largest absolute Gasteiger partial charge is 0.493 e. The highest BCUT2D eigenvalue weighted by Crippen LogP contribution is 2.31. The van der Waals surface area contributed by atoms with E-state index in [9.17, 15) is 10.1 Å². The molecule has 0 bridgehead atoms. The first-order valence-electron chi connectivity index (χ1n) is 8.88. The molecule has 0 radical (unpaired) electrons.